The number of carbonyl (C=O) groups is 2. The molecule has 0 aliphatic heterocycles. The number of hydrogen-bond donors (Lipinski definition) is 1. The number of aromatic hydroxyl groups is 1. The summed E-state index contributed by atoms with van der Waals surface area (Å²) in [5, 5.41) is 9.60. The molecule has 7 heteroatoms. The maximum absolute atomic E-state index is 14.3. The number of halogens is 2. The van der Waals surface area contributed by atoms with Gasteiger partial charge >= 0.3 is 0 Å². The molecule has 5 nitrogen and oxygen atoms in total. The van der Waals surface area contributed by atoms with E-state index in [9.17, 15) is 19.1 Å². The topological polar surface area (TPSA) is 66.8 Å². The molecular formula is C30H29ClFNO4. The van der Waals surface area contributed by atoms with Crippen LogP contribution in [0, 0.1) is 5.82 Å². The Bertz CT molecular complexity index is 1280. The Kier molecular flexibility index (Phi) is 10.0. The standard InChI is InChI=1S/C30H29ClFNO4/c1-3-33(4-2)23-13-11-22(30(18-23)37-20-27-28(31)6-5-7-29(27)32)12-17-26(36)19-25(35)16-10-21-8-14-24(34)15-9-21/h5-18,34H,3-4,19-20H2,1-2H3. The van der Waals surface area contributed by atoms with Gasteiger partial charge in [0.15, 0.2) is 11.6 Å². The average Bonchev–Trinajstić information content (AvgIpc) is 2.88. The summed E-state index contributed by atoms with van der Waals surface area (Å²) in [7, 11) is 0. The number of benzene rings is 3. The highest BCUT2D eigenvalue weighted by atomic mass is 35.5. The van der Waals surface area contributed by atoms with Crippen LogP contribution in [0.3, 0.4) is 0 Å². The van der Waals surface area contributed by atoms with Crippen LogP contribution in [0.4, 0.5) is 10.1 Å². The number of allylic oxidation sites excluding steroid dienone is 2. The lowest BCUT2D eigenvalue weighted by molar-refractivity contribution is -0.121. The quantitative estimate of drug-likeness (QED) is 0.208. The molecule has 3 aromatic carbocycles. The number of rotatable bonds is 12. The fourth-order valence-electron chi connectivity index (χ4n) is 3.64. The van der Waals surface area contributed by atoms with E-state index in [2.05, 4.69) is 4.90 Å². The molecule has 0 unspecified atom stereocenters. The van der Waals surface area contributed by atoms with Crippen molar-refractivity contribution >= 4 is 41.0 Å². The molecule has 0 spiro atoms. The number of ketones is 2. The van der Waals surface area contributed by atoms with Crippen molar-refractivity contribution in [3.8, 4) is 11.5 Å². The molecule has 0 radical (unpaired) electrons. The number of hydrogen-bond acceptors (Lipinski definition) is 5. The Labute approximate surface area is 221 Å². The molecule has 3 rings (SSSR count). The second kappa shape index (κ2) is 13.4. The van der Waals surface area contributed by atoms with Gasteiger partial charge in [0.1, 0.15) is 23.9 Å². The van der Waals surface area contributed by atoms with Gasteiger partial charge in [0.05, 0.1) is 11.4 Å². The predicted octanol–water partition coefficient (Wildman–Crippen LogP) is 6.86. The molecule has 0 aliphatic rings. The molecule has 37 heavy (non-hydrogen) atoms. The smallest absolute Gasteiger partial charge is 0.163 e. The van der Waals surface area contributed by atoms with Crippen molar-refractivity contribution < 1.29 is 23.8 Å². The first-order valence-electron chi connectivity index (χ1n) is 12.0. The van der Waals surface area contributed by atoms with Crippen molar-refractivity contribution in [3.63, 3.8) is 0 Å². The van der Waals surface area contributed by atoms with Crippen molar-refractivity contribution in [2.75, 3.05) is 18.0 Å². The third-order valence-corrected chi connectivity index (χ3v) is 6.07. The second-order valence-corrected chi connectivity index (χ2v) is 8.66. The maximum Gasteiger partial charge on any atom is 0.163 e. The van der Waals surface area contributed by atoms with Crippen molar-refractivity contribution in [2.24, 2.45) is 0 Å². The van der Waals surface area contributed by atoms with Gasteiger partial charge in [0, 0.05) is 36.0 Å². The van der Waals surface area contributed by atoms with Crippen molar-refractivity contribution in [1.82, 2.24) is 0 Å². The summed E-state index contributed by atoms with van der Waals surface area (Å²) in [6.07, 6.45) is 5.56. The third kappa shape index (κ3) is 8.05. The van der Waals surface area contributed by atoms with Gasteiger partial charge in [-0.1, -0.05) is 35.9 Å². The number of ether oxygens (including phenoxy) is 1. The Morgan fingerprint density at radius 1 is 0.973 bits per heavy atom. The minimum Gasteiger partial charge on any atom is -0.508 e. The number of carbonyl (C=O) groups excluding carboxylic acids is 2. The lowest BCUT2D eigenvalue weighted by Crippen LogP contribution is -2.21. The molecule has 0 aromatic heterocycles. The molecule has 0 bridgehead atoms. The minimum atomic E-state index is -0.460. The van der Waals surface area contributed by atoms with E-state index in [1.807, 2.05) is 32.0 Å². The van der Waals surface area contributed by atoms with Crippen LogP contribution in [-0.4, -0.2) is 29.8 Å². The highest BCUT2D eigenvalue weighted by Crippen LogP contribution is 2.29. The number of phenols is 1. The van der Waals surface area contributed by atoms with Gasteiger partial charge in [0.25, 0.3) is 0 Å². The monoisotopic (exact) mass is 521 g/mol. The van der Waals surface area contributed by atoms with E-state index in [1.165, 1.54) is 36.4 Å². The Morgan fingerprint density at radius 3 is 2.30 bits per heavy atom. The van der Waals surface area contributed by atoms with E-state index in [4.69, 9.17) is 16.3 Å². The van der Waals surface area contributed by atoms with Gasteiger partial charge in [-0.05, 0) is 74.0 Å². The van der Waals surface area contributed by atoms with E-state index in [0.717, 1.165) is 24.3 Å². The molecular weight excluding hydrogens is 493 g/mol. The van der Waals surface area contributed by atoms with Crippen LogP contribution in [0.1, 0.15) is 37.0 Å². The largest absolute Gasteiger partial charge is 0.508 e. The number of nitrogens with zero attached hydrogens (tertiary/aromatic N) is 1. The van der Waals surface area contributed by atoms with E-state index >= 15 is 0 Å². The summed E-state index contributed by atoms with van der Waals surface area (Å²) in [4.78, 5) is 26.8. The van der Waals surface area contributed by atoms with E-state index in [1.54, 1.807) is 30.4 Å². The zero-order valence-corrected chi connectivity index (χ0v) is 21.5. The molecule has 0 saturated heterocycles. The van der Waals surface area contributed by atoms with Crippen LogP contribution in [-0.2, 0) is 16.2 Å². The Morgan fingerprint density at radius 2 is 1.65 bits per heavy atom. The normalized spacial score (nSPS) is 11.2. The molecule has 192 valence electrons. The molecule has 0 saturated carbocycles. The third-order valence-electron chi connectivity index (χ3n) is 5.71. The number of phenolic OH excluding ortho intramolecular Hbond substituents is 1. The first-order chi connectivity index (χ1) is 17.8. The Hall–Kier alpha value is -3.90. The van der Waals surface area contributed by atoms with Crippen LogP contribution in [0.2, 0.25) is 5.02 Å². The van der Waals surface area contributed by atoms with Crippen molar-refractivity contribution in [2.45, 2.75) is 26.9 Å². The van der Waals surface area contributed by atoms with Gasteiger partial charge in [0.2, 0.25) is 0 Å². The number of anilines is 1. The fraction of sp³-hybridized carbons (Fsp3) is 0.200. The fourth-order valence-corrected chi connectivity index (χ4v) is 3.86. The zero-order chi connectivity index (χ0) is 26.8. The van der Waals surface area contributed by atoms with Crippen LogP contribution < -0.4 is 9.64 Å². The van der Waals surface area contributed by atoms with Gasteiger partial charge in [-0.2, -0.15) is 0 Å². The van der Waals surface area contributed by atoms with Crippen LogP contribution in [0.5, 0.6) is 11.5 Å². The highest BCUT2D eigenvalue weighted by Gasteiger charge is 2.12. The predicted molar refractivity (Wildman–Crippen MR) is 147 cm³/mol. The minimum absolute atomic E-state index is 0.0808. The SMILES string of the molecule is CCN(CC)c1ccc(C=CC(=O)CC(=O)C=Cc2ccc(O)cc2)c(OCc2c(F)cccc2Cl)c1. The molecule has 0 aliphatic carbocycles. The van der Waals surface area contributed by atoms with Crippen LogP contribution in [0.25, 0.3) is 12.2 Å². The first-order valence-corrected chi connectivity index (χ1v) is 12.3. The second-order valence-electron chi connectivity index (χ2n) is 8.25. The molecule has 3 aromatic rings. The van der Waals surface area contributed by atoms with E-state index < -0.39 is 5.82 Å². The lowest BCUT2D eigenvalue weighted by atomic mass is 10.1. The molecule has 0 fully saturated rings. The molecule has 0 atom stereocenters. The van der Waals surface area contributed by atoms with Gasteiger partial charge in [-0.15, -0.1) is 0 Å². The summed E-state index contributed by atoms with van der Waals surface area (Å²) < 4.78 is 20.2. The lowest BCUT2D eigenvalue weighted by Gasteiger charge is -2.22. The van der Waals surface area contributed by atoms with Crippen LogP contribution >= 0.6 is 11.6 Å². The van der Waals surface area contributed by atoms with Crippen LogP contribution in [0.15, 0.2) is 72.8 Å². The Balaban J connectivity index is 1.75. The highest BCUT2D eigenvalue weighted by molar-refractivity contribution is 6.31. The maximum atomic E-state index is 14.3. The van der Waals surface area contributed by atoms with E-state index in [-0.39, 0.29) is 40.9 Å². The summed E-state index contributed by atoms with van der Waals surface area (Å²) in [5.74, 6) is -0.569. The average molecular weight is 522 g/mol. The molecule has 1 N–H and O–H groups in total. The summed E-state index contributed by atoms with van der Waals surface area (Å²) in [5.41, 5.74) is 2.52. The van der Waals surface area contributed by atoms with Crippen molar-refractivity contribution in [1.29, 1.82) is 0 Å². The molecule has 0 heterocycles. The summed E-state index contributed by atoms with van der Waals surface area (Å²) >= 11 is 6.15. The molecule has 0 amide bonds. The van der Waals surface area contributed by atoms with Gasteiger partial charge in [-0.25, -0.2) is 4.39 Å². The van der Waals surface area contributed by atoms with Gasteiger partial charge < -0.3 is 14.7 Å². The summed E-state index contributed by atoms with van der Waals surface area (Å²) in [6, 6.07) is 16.4. The zero-order valence-electron chi connectivity index (χ0n) is 20.8. The summed E-state index contributed by atoms with van der Waals surface area (Å²) in [6.45, 7) is 5.60. The van der Waals surface area contributed by atoms with Crippen molar-refractivity contribution in [3.05, 3.63) is 100 Å². The van der Waals surface area contributed by atoms with Gasteiger partial charge in [-0.3, -0.25) is 9.59 Å². The van der Waals surface area contributed by atoms with E-state index in [0.29, 0.717) is 11.3 Å². The first kappa shape index (κ1) is 27.7.